The van der Waals surface area contributed by atoms with Crippen molar-refractivity contribution >= 4 is 5.97 Å². The first kappa shape index (κ1) is 9.39. The zero-order chi connectivity index (χ0) is 10.8. The van der Waals surface area contributed by atoms with Gasteiger partial charge in [-0.05, 0) is 12.1 Å². The molecule has 2 aromatic rings. The Morgan fingerprint density at radius 3 is 2.87 bits per heavy atom. The molecule has 4 nitrogen and oxygen atoms in total. The summed E-state index contributed by atoms with van der Waals surface area (Å²) in [4.78, 5) is 17.0. The van der Waals surface area contributed by atoms with Gasteiger partial charge in [-0.2, -0.15) is 0 Å². The topological polar surface area (TPSA) is 66.0 Å². The molecule has 15 heavy (non-hydrogen) atoms. The molecule has 1 aromatic heterocycles. The van der Waals surface area contributed by atoms with Gasteiger partial charge in [0.25, 0.3) is 0 Å². The van der Waals surface area contributed by atoms with Crippen LogP contribution in [0.4, 0.5) is 4.39 Å². The molecule has 0 amide bonds. The molecule has 1 heterocycles. The lowest BCUT2D eigenvalue weighted by Crippen LogP contribution is -1.95. The van der Waals surface area contributed by atoms with Crippen molar-refractivity contribution in [3.05, 3.63) is 42.0 Å². The van der Waals surface area contributed by atoms with E-state index in [0.717, 1.165) is 0 Å². The van der Waals surface area contributed by atoms with Crippen LogP contribution in [0.5, 0.6) is 0 Å². The molecular formula is C10H7FN2O2. The SMILES string of the molecule is O=C(O)c1cnc(-c2cccc(F)c2)[nH]1. The number of aromatic amines is 1. The van der Waals surface area contributed by atoms with Gasteiger partial charge < -0.3 is 10.1 Å². The standard InChI is InChI=1S/C10H7FN2O2/c11-7-3-1-2-6(4-7)9-12-5-8(13-9)10(14)15/h1-5H,(H,12,13)(H,14,15). The highest BCUT2D eigenvalue weighted by atomic mass is 19.1. The van der Waals surface area contributed by atoms with Gasteiger partial charge in [0.1, 0.15) is 17.3 Å². The highest BCUT2D eigenvalue weighted by molar-refractivity contribution is 5.85. The van der Waals surface area contributed by atoms with Crippen molar-refractivity contribution in [3.63, 3.8) is 0 Å². The average Bonchev–Trinajstić information content (AvgIpc) is 2.66. The summed E-state index contributed by atoms with van der Waals surface area (Å²) < 4.78 is 12.9. The third-order valence-corrected chi connectivity index (χ3v) is 1.90. The van der Waals surface area contributed by atoms with Gasteiger partial charge >= 0.3 is 5.97 Å². The maximum atomic E-state index is 12.9. The molecule has 0 fully saturated rings. The van der Waals surface area contributed by atoms with E-state index in [-0.39, 0.29) is 11.5 Å². The number of rotatable bonds is 2. The molecule has 0 saturated carbocycles. The minimum atomic E-state index is -1.09. The number of hydrogen-bond donors (Lipinski definition) is 2. The second kappa shape index (κ2) is 3.53. The van der Waals surface area contributed by atoms with Crippen molar-refractivity contribution in [1.82, 2.24) is 9.97 Å². The van der Waals surface area contributed by atoms with Crippen molar-refractivity contribution in [3.8, 4) is 11.4 Å². The zero-order valence-electron chi connectivity index (χ0n) is 7.57. The van der Waals surface area contributed by atoms with Gasteiger partial charge in [-0.15, -0.1) is 0 Å². The molecule has 5 heteroatoms. The number of aromatic carboxylic acids is 1. The van der Waals surface area contributed by atoms with E-state index >= 15 is 0 Å². The molecule has 0 unspecified atom stereocenters. The van der Waals surface area contributed by atoms with Crippen molar-refractivity contribution in [2.24, 2.45) is 0 Å². The number of hydrogen-bond acceptors (Lipinski definition) is 2. The van der Waals surface area contributed by atoms with Crippen LogP contribution in [0.25, 0.3) is 11.4 Å². The van der Waals surface area contributed by atoms with Crippen molar-refractivity contribution in [2.75, 3.05) is 0 Å². The van der Waals surface area contributed by atoms with Crippen LogP contribution < -0.4 is 0 Å². The number of nitrogens with one attached hydrogen (secondary N) is 1. The first-order valence-corrected chi connectivity index (χ1v) is 4.21. The second-order valence-corrected chi connectivity index (χ2v) is 2.96. The molecule has 2 rings (SSSR count). The van der Waals surface area contributed by atoms with Crippen LogP contribution in [0, 0.1) is 5.82 Å². The Bertz CT molecular complexity index is 508. The summed E-state index contributed by atoms with van der Waals surface area (Å²) in [5.74, 6) is -1.14. The van der Waals surface area contributed by atoms with Crippen LogP contribution in [0.2, 0.25) is 0 Å². The van der Waals surface area contributed by atoms with E-state index in [0.29, 0.717) is 11.4 Å². The Balaban J connectivity index is 2.41. The lowest BCUT2D eigenvalue weighted by Gasteiger charge is -1.95. The predicted molar refractivity (Wildman–Crippen MR) is 50.9 cm³/mol. The summed E-state index contributed by atoms with van der Waals surface area (Å²) in [6.45, 7) is 0. The van der Waals surface area contributed by atoms with Gasteiger partial charge in [-0.25, -0.2) is 14.2 Å². The number of carbonyl (C=O) groups is 1. The smallest absolute Gasteiger partial charge is 0.353 e. The van der Waals surface area contributed by atoms with E-state index in [1.807, 2.05) is 0 Å². The molecule has 0 saturated heterocycles. The number of nitrogens with zero attached hydrogens (tertiary/aromatic N) is 1. The molecule has 0 spiro atoms. The van der Waals surface area contributed by atoms with Crippen LogP contribution in [0.3, 0.4) is 0 Å². The summed E-state index contributed by atoms with van der Waals surface area (Å²) in [7, 11) is 0. The third-order valence-electron chi connectivity index (χ3n) is 1.90. The summed E-state index contributed by atoms with van der Waals surface area (Å²) in [5, 5.41) is 8.65. The minimum Gasteiger partial charge on any atom is -0.477 e. The van der Waals surface area contributed by atoms with E-state index in [1.165, 1.54) is 24.4 Å². The maximum Gasteiger partial charge on any atom is 0.353 e. The van der Waals surface area contributed by atoms with Crippen LogP contribution in [-0.4, -0.2) is 21.0 Å². The molecule has 0 atom stereocenters. The number of carboxylic acid groups (broad SMARTS) is 1. The van der Waals surface area contributed by atoms with Gasteiger partial charge in [0.05, 0.1) is 6.20 Å². The predicted octanol–water partition coefficient (Wildman–Crippen LogP) is 1.91. The van der Waals surface area contributed by atoms with Gasteiger partial charge in [0.15, 0.2) is 0 Å². The Kier molecular flexibility index (Phi) is 2.21. The Labute approximate surface area is 84.4 Å². The van der Waals surface area contributed by atoms with Crippen LogP contribution >= 0.6 is 0 Å². The van der Waals surface area contributed by atoms with Gasteiger partial charge in [-0.3, -0.25) is 0 Å². The lowest BCUT2D eigenvalue weighted by atomic mass is 10.2. The van der Waals surface area contributed by atoms with E-state index < -0.39 is 5.97 Å². The quantitative estimate of drug-likeness (QED) is 0.788. The molecular weight excluding hydrogens is 199 g/mol. The first-order chi connectivity index (χ1) is 7.16. The average molecular weight is 206 g/mol. The molecule has 0 aliphatic heterocycles. The largest absolute Gasteiger partial charge is 0.477 e. The number of aromatic nitrogens is 2. The fourth-order valence-electron chi connectivity index (χ4n) is 1.21. The fraction of sp³-hybridized carbons (Fsp3) is 0. The van der Waals surface area contributed by atoms with E-state index in [1.54, 1.807) is 6.07 Å². The lowest BCUT2D eigenvalue weighted by molar-refractivity contribution is 0.0691. The molecule has 0 bridgehead atoms. The highest BCUT2D eigenvalue weighted by Crippen LogP contribution is 2.16. The number of benzene rings is 1. The van der Waals surface area contributed by atoms with Crippen LogP contribution in [-0.2, 0) is 0 Å². The number of halogens is 1. The van der Waals surface area contributed by atoms with E-state index in [9.17, 15) is 9.18 Å². The van der Waals surface area contributed by atoms with Crippen molar-refractivity contribution < 1.29 is 14.3 Å². The third kappa shape index (κ3) is 1.85. The normalized spacial score (nSPS) is 10.2. The molecule has 0 aliphatic carbocycles. The summed E-state index contributed by atoms with van der Waals surface area (Å²) in [6.07, 6.45) is 1.20. The Morgan fingerprint density at radius 1 is 1.47 bits per heavy atom. The minimum absolute atomic E-state index is 0.0192. The molecule has 0 aliphatic rings. The van der Waals surface area contributed by atoms with Crippen LogP contribution in [0.15, 0.2) is 30.5 Å². The van der Waals surface area contributed by atoms with Gasteiger partial charge in [-0.1, -0.05) is 12.1 Å². The number of imidazole rings is 1. The fourth-order valence-corrected chi connectivity index (χ4v) is 1.21. The molecule has 1 aromatic carbocycles. The van der Waals surface area contributed by atoms with Crippen molar-refractivity contribution in [1.29, 1.82) is 0 Å². The van der Waals surface area contributed by atoms with Gasteiger partial charge in [0.2, 0.25) is 0 Å². The van der Waals surface area contributed by atoms with Crippen LogP contribution in [0.1, 0.15) is 10.5 Å². The zero-order valence-corrected chi connectivity index (χ0v) is 7.57. The Hall–Kier alpha value is -2.17. The van der Waals surface area contributed by atoms with E-state index in [4.69, 9.17) is 5.11 Å². The highest BCUT2D eigenvalue weighted by Gasteiger charge is 2.08. The van der Waals surface area contributed by atoms with Crippen molar-refractivity contribution in [2.45, 2.75) is 0 Å². The van der Waals surface area contributed by atoms with E-state index in [2.05, 4.69) is 9.97 Å². The molecule has 2 N–H and O–H groups in total. The maximum absolute atomic E-state index is 12.9. The molecule has 76 valence electrons. The number of H-pyrrole nitrogens is 1. The monoisotopic (exact) mass is 206 g/mol. The molecule has 0 radical (unpaired) electrons. The first-order valence-electron chi connectivity index (χ1n) is 4.21. The Morgan fingerprint density at radius 2 is 2.27 bits per heavy atom. The summed E-state index contributed by atoms with van der Waals surface area (Å²) >= 11 is 0. The van der Waals surface area contributed by atoms with Gasteiger partial charge in [0, 0.05) is 5.56 Å². The summed E-state index contributed by atoms with van der Waals surface area (Å²) in [6, 6.07) is 5.77. The summed E-state index contributed by atoms with van der Waals surface area (Å²) in [5.41, 5.74) is 0.497. The number of carboxylic acids is 1. The second-order valence-electron chi connectivity index (χ2n) is 2.96.